The smallest absolute Gasteiger partial charge is 0.234 e. The van der Waals surface area contributed by atoms with Crippen LogP contribution in [0.3, 0.4) is 0 Å². The molecule has 0 radical (unpaired) electrons. The molecule has 0 fully saturated rings. The van der Waals surface area contributed by atoms with Gasteiger partial charge in [-0.15, -0.1) is 5.10 Å². The van der Waals surface area contributed by atoms with E-state index >= 15 is 0 Å². The quantitative estimate of drug-likeness (QED) is 0.662. The molecule has 25 heavy (non-hydrogen) atoms. The van der Waals surface area contributed by atoms with Crippen LogP contribution in [-0.2, 0) is 4.79 Å². The first kappa shape index (κ1) is 17.7. The molecule has 1 aromatic heterocycles. The predicted octanol–water partition coefficient (Wildman–Crippen LogP) is 3.84. The van der Waals surface area contributed by atoms with E-state index in [1.165, 1.54) is 16.8 Å². The number of carbonyl (C=O) groups excluding carboxylic acids is 1. The number of tetrazole rings is 1. The van der Waals surface area contributed by atoms with Crippen LogP contribution in [0.4, 0.5) is 10.1 Å². The molecule has 0 aliphatic rings. The third-order valence-electron chi connectivity index (χ3n) is 2.97. The lowest BCUT2D eigenvalue weighted by Gasteiger charge is -2.07. The number of hydrogen-bond acceptors (Lipinski definition) is 5. The maximum absolute atomic E-state index is 13.3. The van der Waals surface area contributed by atoms with Crippen molar-refractivity contribution < 1.29 is 9.18 Å². The Hall–Kier alpha value is -2.16. The summed E-state index contributed by atoms with van der Waals surface area (Å²) in [5, 5.41) is 15.1. The van der Waals surface area contributed by atoms with E-state index in [1.54, 1.807) is 30.3 Å². The van der Waals surface area contributed by atoms with Crippen molar-refractivity contribution >= 4 is 46.6 Å². The maximum Gasteiger partial charge on any atom is 0.234 e. The number of hydrogen-bond donors (Lipinski definition) is 1. The highest BCUT2D eigenvalue weighted by atomic mass is 35.5. The average molecular weight is 398 g/mol. The Bertz CT molecular complexity index is 900. The highest BCUT2D eigenvalue weighted by molar-refractivity contribution is 7.99. The standard InChI is InChI=1S/C15H10Cl2FN5OS/c16-9-4-10(17)6-12(5-9)19-14(24)8-25-15-20-21-22-23(15)13-3-1-2-11(18)7-13/h1-7H,8H2,(H,19,24). The molecule has 128 valence electrons. The van der Waals surface area contributed by atoms with E-state index in [1.807, 2.05) is 0 Å². The fourth-order valence-electron chi connectivity index (χ4n) is 1.99. The molecule has 6 nitrogen and oxygen atoms in total. The number of aromatic nitrogens is 4. The molecule has 0 bridgehead atoms. The van der Waals surface area contributed by atoms with Gasteiger partial charge in [0.05, 0.1) is 11.4 Å². The molecule has 3 rings (SSSR count). The van der Waals surface area contributed by atoms with E-state index < -0.39 is 5.82 Å². The topological polar surface area (TPSA) is 72.7 Å². The van der Waals surface area contributed by atoms with Gasteiger partial charge in [-0.2, -0.15) is 4.68 Å². The fraction of sp³-hybridized carbons (Fsp3) is 0.0667. The first-order valence-corrected chi connectivity index (χ1v) is 8.68. The third-order valence-corrected chi connectivity index (χ3v) is 4.33. The molecule has 0 saturated carbocycles. The Balaban J connectivity index is 1.66. The molecule has 1 N–H and O–H groups in total. The minimum absolute atomic E-state index is 0.0554. The Labute approximate surface area is 156 Å². The fourth-order valence-corrected chi connectivity index (χ4v) is 3.21. The molecule has 2 aromatic carbocycles. The number of nitrogens with one attached hydrogen (secondary N) is 1. The van der Waals surface area contributed by atoms with Crippen molar-refractivity contribution in [3.8, 4) is 5.69 Å². The Kier molecular flexibility index (Phi) is 5.52. The Morgan fingerprint density at radius 3 is 2.68 bits per heavy atom. The van der Waals surface area contributed by atoms with Crippen molar-refractivity contribution in [3.05, 3.63) is 58.3 Å². The van der Waals surface area contributed by atoms with Crippen LogP contribution in [0, 0.1) is 5.82 Å². The molecule has 0 unspecified atom stereocenters. The number of nitrogens with zero attached hydrogens (tertiary/aromatic N) is 4. The van der Waals surface area contributed by atoms with Gasteiger partial charge in [-0.3, -0.25) is 4.79 Å². The summed E-state index contributed by atoms with van der Waals surface area (Å²) in [5.41, 5.74) is 0.961. The van der Waals surface area contributed by atoms with Crippen LogP contribution < -0.4 is 5.32 Å². The SMILES string of the molecule is O=C(CSc1nnnn1-c1cccc(F)c1)Nc1cc(Cl)cc(Cl)c1. The summed E-state index contributed by atoms with van der Waals surface area (Å²) in [6, 6.07) is 10.6. The normalized spacial score (nSPS) is 10.7. The van der Waals surface area contributed by atoms with Gasteiger partial charge in [-0.05, 0) is 46.8 Å². The van der Waals surface area contributed by atoms with Gasteiger partial charge in [-0.1, -0.05) is 41.0 Å². The molecule has 0 aliphatic heterocycles. The molecule has 1 heterocycles. The monoisotopic (exact) mass is 397 g/mol. The zero-order valence-electron chi connectivity index (χ0n) is 12.5. The van der Waals surface area contributed by atoms with E-state index in [4.69, 9.17) is 23.2 Å². The van der Waals surface area contributed by atoms with Crippen molar-refractivity contribution in [2.24, 2.45) is 0 Å². The summed E-state index contributed by atoms with van der Waals surface area (Å²) in [4.78, 5) is 12.1. The van der Waals surface area contributed by atoms with Crippen LogP contribution in [0.2, 0.25) is 10.0 Å². The predicted molar refractivity (Wildman–Crippen MR) is 94.9 cm³/mol. The number of rotatable bonds is 5. The van der Waals surface area contributed by atoms with Gasteiger partial charge in [0.1, 0.15) is 5.82 Å². The molecule has 1 amide bonds. The molecule has 0 aliphatic carbocycles. The minimum Gasteiger partial charge on any atom is -0.325 e. The summed E-state index contributed by atoms with van der Waals surface area (Å²) in [5.74, 6) is -0.628. The number of benzene rings is 2. The first-order chi connectivity index (χ1) is 12.0. The van der Waals surface area contributed by atoms with Crippen molar-refractivity contribution in [2.75, 3.05) is 11.1 Å². The van der Waals surface area contributed by atoms with E-state index in [0.29, 0.717) is 26.6 Å². The van der Waals surface area contributed by atoms with Crippen LogP contribution in [0.25, 0.3) is 5.69 Å². The van der Waals surface area contributed by atoms with Gasteiger partial charge in [0.2, 0.25) is 11.1 Å². The van der Waals surface area contributed by atoms with E-state index in [-0.39, 0.29) is 11.7 Å². The summed E-state index contributed by atoms with van der Waals surface area (Å²) in [6.07, 6.45) is 0. The average Bonchev–Trinajstić information content (AvgIpc) is 3.00. The zero-order valence-corrected chi connectivity index (χ0v) is 14.8. The largest absolute Gasteiger partial charge is 0.325 e. The van der Waals surface area contributed by atoms with E-state index in [2.05, 4.69) is 20.8 Å². The van der Waals surface area contributed by atoms with Gasteiger partial charge in [-0.25, -0.2) is 4.39 Å². The summed E-state index contributed by atoms with van der Waals surface area (Å²) >= 11 is 12.9. The van der Waals surface area contributed by atoms with Gasteiger partial charge in [0.25, 0.3) is 0 Å². The second-order valence-corrected chi connectivity index (χ2v) is 6.66. The molecule has 10 heteroatoms. The van der Waals surface area contributed by atoms with Crippen LogP contribution in [-0.4, -0.2) is 31.9 Å². The molecule has 0 atom stereocenters. The second kappa shape index (κ2) is 7.81. The number of anilines is 1. The van der Waals surface area contributed by atoms with Gasteiger partial charge in [0.15, 0.2) is 0 Å². The van der Waals surface area contributed by atoms with Gasteiger partial charge in [0, 0.05) is 15.7 Å². The van der Waals surface area contributed by atoms with Crippen molar-refractivity contribution in [2.45, 2.75) is 5.16 Å². The summed E-state index contributed by atoms with van der Waals surface area (Å²) in [6.45, 7) is 0. The molecule has 0 spiro atoms. The number of halogens is 3. The Morgan fingerprint density at radius 2 is 1.96 bits per heavy atom. The molecule has 0 saturated heterocycles. The van der Waals surface area contributed by atoms with E-state index in [0.717, 1.165) is 11.8 Å². The summed E-state index contributed by atoms with van der Waals surface area (Å²) < 4.78 is 14.7. The van der Waals surface area contributed by atoms with Crippen LogP contribution in [0.5, 0.6) is 0 Å². The minimum atomic E-state index is -0.403. The number of carbonyl (C=O) groups is 1. The lowest BCUT2D eigenvalue weighted by molar-refractivity contribution is -0.113. The van der Waals surface area contributed by atoms with Crippen LogP contribution >= 0.6 is 35.0 Å². The Morgan fingerprint density at radius 1 is 1.20 bits per heavy atom. The van der Waals surface area contributed by atoms with Crippen LogP contribution in [0.15, 0.2) is 47.6 Å². The maximum atomic E-state index is 13.3. The van der Waals surface area contributed by atoms with Crippen LogP contribution in [0.1, 0.15) is 0 Å². The van der Waals surface area contributed by atoms with Crippen molar-refractivity contribution in [1.82, 2.24) is 20.2 Å². The molecular weight excluding hydrogens is 388 g/mol. The van der Waals surface area contributed by atoms with Crippen molar-refractivity contribution in [3.63, 3.8) is 0 Å². The third kappa shape index (κ3) is 4.68. The lowest BCUT2D eigenvalue weighted by Crippen LogP contribution is -2.14. The zero-order chi connectivity index (χ0) is 17.8. The highest BCUT2D eigenvalue weighted by Gasteiger charge is 2.12. The molecule has 3 aromatic rings. The summed E-state index contributed by atoms with van der Waals surface area (Å²) in [7, 11) is 0. The van der Waals surface area contributed by atoms with Gasteiger partial charge >= 0.3 is 0 Å². The number of amides is 1. The highest BCUT2D eigenvalue weighted by Crippen LogP contribution is 2.23. The van der Waals surface area contributed by atoms with E-state index in [9.17, 15) is 9.18 Å². The molecular formula is C15H10Cl2FN5OS. The lowest BCUT2D eigenvalue weighted by atomic mass is 10.3. The number of thioether (sulfide) groups is 1. The van der Waals surface area contributed by atoms with Gasteiger partial charge < -0.3 is 5.32 Å². The first-order valence-electron chi connectivity index (χ1n) is 6.94. The second-order valence-electron chi connectivity index (χ2n) is 4.85. The van der Waals surface area contributed by atoms with Crippen molar-refractivity contribution in [1.29, 1.82) is 0 Å².